The molecule has 5 nitrogen and oxygen atoms in total. The lowest BCUT2D eigenvalue weighted by Crippen LogP contribution is -2.32. The summed E-state index contributed by atoms with van der Waals surface area (Å²) in [5.41, 5.74) is 1.16. The molecule has 0 aliphatic rings. The first-order valence-corrected chi connectivity index (χ1v) is 8.40. The lowest BCUT2D eigenvalue weighted by atomic mass is 10.1. The molecule has 1 atom stereocenters. The minimum atomic E-state index is -1.23. The van der Waals surface area contributed by atoms with Gasteiger partial charge in [-0.05, 0) is 56.2 Å². The Morgan fingerprint density at radius 3 is 2.41 bits per heavy atom. The van der Waals surface area contributed by atoms with E-state index in [0.717, 1.165) is 29.3 Å². The number of hydrogen-bond donors (Lipinski definition) is 1. The first kappa shape index (κ1) is 20.6. The van der Waals surface area contributed by atoms with Gasteiger partial charge in [-0.25, -0.2) is 13.6 Å². The predicted octanol–water partition coefficient (Wildman–Crippen LogP) is 4.18. The summed E-state index contributed by atoms with van der Waals surface area (Å²) < 4.78 is 37.1. The van der Waals surface area contributed by atoms with Crippen LogP contribution < -0.4 is 10.1 Å². The summed E-state index contributed by atoms with van der Waals surface area (Å²) >= 11 is 5.93. The van der Waals surface area contributed by atoms with E-state index in [-0.39, 0.29) is 5.69 Å². The standard InChI is InChI=1S/C19H18ClF2NO4/c1-10-6-13(20)7-11(2)18(10)26-9-17(24)27-12(3)19(25)23-16-8-14(21)4-5-15(16)22/h4-8,12H,9H2,1-3H3,(H,23,25)/t12-/m0/s1. The van der Waals surface area contributed by atoms with Crippen molar-refractivity contribution in [3.63, 3.8) is 0 Å². The van der Waals surface area contributed by atoms with E-state index in [1.54, 1.807) is 26.0 Å². The van der Waals surface area contributed by atoms with Crippen LogP contribution in [0.25, 0.3) is 0 Å². The van der Waals surface area contributed by atoms with E-state index in [4.69, 9.17) is 21.1 Å². The second-order valence-electron chi connectivity index (χ2n) is 5.90. The van der Waals surface area contributed by atoms with Gasteiger partial charge in [0.05, 0.1) is 5.69 Å². The van der Waals surface area contributed by atoms with Crippen molar-refractivity contribution in [1.29, 1.82) is 0 Å². The normalized spacial score (nSPS) is 11.6. The minimum Gasteiger partial charge on any atom is -0.481 e. The smallest absolute Gasteiger partial charge is 0.344 e. The van der Waals surface area contributed by atoms with Crippen molar-refractivity contribution < 1.29 is 27.8 Å². The van der Waals surface area contributed by atoms with Gasteiger partial charge in [-0.1, -0.05) is 11.6 Å². The molecule has 2 rings (SSSR count). The molecule has 0 radical (unpaired) electrons. The summed E-state index contributed by atoms with van der Waals surface area (Å²) in [5.74, 6) is -2.60. The molecule has 1 N–H and O–H groups in total. The van der Waals surface area contributed by atoms with Gasteiger partial charge in [0, 0.05) is 11.1 Å². The molecule has 8 heteroatoms. The Bertz CT molecular complexity index is 850. The van der Waals surface area contributed by atoms with E-state index < -0.39 is 36.2 Å². The van der Waals surface area contributed by atoms with Crippen molar-refractivity contribution in [3.8, 4) is 5.75 Å². The summed E-state index contributed by atoms with van der Waals surface area (Å²) in [5, 5.41) is 2.72. The maximum absolute atomic E-state index is 13.5. The summed E-state index contributed by atoms with van der Waals surface area (Å²) in [4.78, 5) is 23.9. The monoisotopic (exact) mass is 397 g/mol. The second-order valence-corrected chi connectivity index (χ2v) is 6.34. The van der Waals surface area contributed by atoms with Gasteiger partial charge in [0.15, 0.2) is 12.7 Å². The summed E-state index contributed by atoms with van der Waals surface area (Å²) in [6.45, 7) is 4.45. The third kappa shape index (κ3) is 5.65. The lowest BCUT2D eigenvalue weighted by molar-refractivity contribution is -0.155. The maximum Gasteiger partial charge on any atom is 0.344 e. The average molecular weight is 398 g/mol. The second kappa shape index (κ2) is 8.81. The molecule has 0 saturated heterocycles. The molecular weight excluding hydrogens is 380 g/mol. The van der Waals surface area contributed by atoms with E-state index >= 15 is 0 Å². The van der Waals surface area contributed by atoms with Gasteiger partial charge in [0.25, 0.3) is 5.91 Å². The van der Waals surface area contributed by atoms with Crippen LogP contribution in [-0.4, -0.2) is 24.6 Å². The average Bonchev–Trinajstić information content (AvgIpc) is 2.57. The van der Waals surface area contributed by atoms with Gasteiger partial charge in [-0.15, -0.1) is 0 Å². The highest BCUT2D eigenvalue weighted by Gasteiger charge is 2.20. The first-order valence-electron chi connectivity index (χ1n) is 8.02. The van der Waals surface area contributed by atoms with E-state index in [1.165, 1.54) is 6.92 Å². The Morgan fingerprint density at radius 2 is 1.78 bits per heavy atom. The SMILES string of the molecule is Cc1cc(Cl)cc(C)c1OCC(=O)O[C@@H](C)C(=O)Nc1cc(F)ccc1F. The molecule has 0 saturated carbocycles. The third-order valence-corrected chi connectivity index (χ3v) is 3.84. The van der Waals surface area contributed by atoms with Crippen LogP contribution in [0.1, 0.15) is 18.1 Å². The number of aryl methyl sites for hydroxylation is 2. The number of carbonyl (C=O) groups excluding carboxylic acids is 2. The molecule has 0 heterocycles. The van der Waals surface area contributed by atoms with Gasteiger partial charge < -0.3 is 14.8 Å². The quantitative estimate of drug-likeness (QED) is 0.742. The molecule has 0 spiro atoms. The van der Waals surface area contributed by atoms with Crippen molar-refractivity contribution in [2.24, 2.45) is 0 Å². The van der Waals surface area contributed by atoms with Crippen molar-refractivity contribution in [1.82, 2.24) is 0 Å². The van der Waals surface area contributed by atoms with Crippen LogP contribution in [0.2, 0.25) is 5.02 Å². The number of carbonyl (C=O) groups is 2. The van der Waals surface area contributed by atoms with Crippen LogP contribution >= 0.6 is 11.6 Å². The first-order chi connectivity index (χ1) is 12.7. The fraction of sp³-hybridized carbons (Fsp3) is 0.263. The van der Waals surface area contributed by atoms with Crippen LogP contribution in [0.3, 0.4) is 0 Å². The van der Waals surface area contributed by atoms with Crippen LogP contribution in [0.5, 0.6) is 5.75 Å². The Morgan fingerprint density at radius 1 is 1.15 bits per heavy atom. The molecule has 0 aromatic heterocycles. The zero-order chi connectivity index (χ0) is 20.1. The fourth-order valence-corrected chi connectivity index (χ4v) is 2.70. The zero-order valence-electron chi connectivity index (χ0n) is 14.9. The molecule has 144 valence electrons. The minimum absolute atomic E-state index is 0.341. The van der Waals surface area contributed by atoms with Gasteiger partial charge in [0.2, 0.25) is 0 Å². The predicted molar refractivity (Wildman–Crippen MR) is 97.0 cm³/mol. The zero-order valence-corrected chi connectivity index (χ0v) is 15.7. The third-order valence-electron chi connectivity index (χ3n) is 3.62. The van der Waals surface area contributed by atoms with E-state index in [9.17, 15) is 18.4 Å². The number of esters is 1. The van der Waals surface area contributed by atoms with Crippen molar-refractivity contribution in [3.05, 3.63) is 58.1 Å². The van der Waals surface area contributed by atoms with Crippen LogP contribution in [0.15, 0.2) is 30.3 Å². The van der Waals surface area contributed by atoms with Crippen LogP contribution in [0, 0.1) is 25.5 Å². The number of anilines is 1. The molecular formula is C19H18ClF2NO4. The molecule has 27 heavy (non-hydrogen) atoms. The Balaban J connectivity index is 1.91. The Hall–Kier alpha value is -2.67. The number of ether oxygens (including phenoxy) is 2. The van der Waals surface area contributed by atoms with Crippen molar-refractivity contribution in [2.45, 2.75) is 26.9 Å². The molecule has 2 aromatic carbocycles. The van der Waals surface area contributed by atoms with Crippen LogP contribution in [0.4, 0.5) is 14.5 Å². The van der Waals surface area contributed by atoms with Gasteiger partial charge in [-0.3, -0.25) is 4.79 Å². The summed E-state index contributed by atoms with van der Waals surface area (Å²) in [6.07, 6.45) is -1.23. The maximum atomic E-state index is 13.5. The van der Waals surface area contributed by atoms with Crippen LogP contribution in [-0.2, 0) is 14.3 Å². The molecule has 1 amide bonds. The van der Waals surface area contributed by atoms with Crippen molar-refractivity contribution >= 4 is 29.2 Å². The number of amides is 1. The Labute approximate surface area is 160 Å². The molecule has 0 unspecified atom stereocenters. The van der Waals surface area contributed by atoms with Gasteiger partial charge in [-0.2, -0.15) is 0 Å². The highest BCUT2D eigenvalue weighted by atomic mass is 35.5. The summed E-state index contributed by atoms with van der Waals surface area (Å²) in [6, 6.07) is 6.02. The number of hydrogen-bond acceptors (Lipinski definition) is 4. The highest BCUT2D eigenvalue weighted by Crippen LogP contribution is 2.27. The van der Waals surface area contributed by atoms with Gasteiger partial charge in [0.1, 0.15) is 17.4 Å². The highest BCUT2D eigenvalue weighted by molar-refractivity contribution is 6.30. The molecule has 0 aliphatic carbocycles. The molecule has 0 aliphatic heterocycles. The number of benzene rings is 2. The number of rotatable bonds is 6. The summed E-state index contributed by atoms with van der Waals surface area (Å²) in [7, 11) is 0. The number of halogens is 3. The lowest BCUT2D eigenvalue weighted by Gasteiger charge is -2.15. The topological polar surface area (TPSA) is 64.6 Å². The fourth-order valence-electron chi connectivity index (χ4n) is 2.37. The molecule has 2 aromatic rings. The molecule has 0 bridgehead atoms. The van der Waals surface area contributed by atoms with Crippen molar-refractivity contribution in [2.75, 3.05) is 11.9 Å². The Kier molecular flexibility index (Phi) is 6.74. The van der Waals surface area contributed by atoms with Gasteiger partial charge >= 0.3 is 5.97 Å². The largest absolute Gasteiger partial charge is 0.481 e. The van der Waals surface area contributed by atoms with E-state index in [0.29, 0.717) is 10.8 Å². The van der Waals surface area contributed by atoms with E-state index in [2.05, 4.69) is 5.32 Å². The molecule has 0 fully saturated rings. The number of nitrogens with one attached hydrogen (secondary N) is 1. The van der Waals surface area contributed by atoms with E-state index in [1.807, 2.05) is 0 Å².